The minimum atomic E-state index is 0.171. The summed E-state index contributed by atoms with van der Waals surface area (Å²) in [6.45, 7) is 6.52. The van der Waals surface area contributed by atoms with Gasteiger partial charge < -0.3 is 0 Å². The number of halogens is 2. The molecular weight excluding hydrogens is 308 g/mol. The van der Waals surface area contributed by atoms with E-state index in [1.165, 1.54) is 52.4 Å². The first kappa shape index (κ1) is 14.4. The zero-order valence-corrected chi connectivity index (χ0v) is 13.9. The van der Waals surface area contributed by atoms with Gasteiger partial charge in [-0.15, -0.1) is 11.6 Å². The van der Waals surface area contributed by atoms with E-state index in [-0.39, 0.29) is 5.38 Å². The number of benzene rings is 1. The van der Waals surface area contributed by atoms with Gasteiger partial charge in [0.1, 0.15) is 0 Å². The molecule has 1 saturated carbocycles. The molecular formula is C16H22BrCl. The number of alkyl halides is 1. The van der Waals surface area contributed by atoms with Gasteiger partial charge in [-0.1, -0.05) is 47.7 Å². The van der Waals surface area contributed by atoms with Gasteiger partial charge in [-0.3, -0.25) is 0 Å². The molecule has 0 aromatic heterocycles. The largest absolute Gasteiger partial charge is 0.118 e. The molecule has 0 heterocycles. The number of rotatable bonds is 3. The van der Waals surface area contributed by atoms with Crippen LogP contribution in [0.1, 0.15) is 59.7 Å². The van der Waals surface area contributed by atoms with Crippen molar-refractivity contribution in [2.24, 2.45) is 5.92 Å². The van der Waals surface area contributed by atoms with Crippen molar-refractivity contribution >= 4 is 27.5 Å². The highest BCUT2D eigenvalue weighted by Gasteiger charge is 2.23. The lowest BCUT2D eigenvalue weighted by Gasteiger charge is -2.21. The van der Waals surface area contributed by atoms with Gasteiger partial charge in [0.25, 0.3) is 0 Å². The van der Waals surface area contributed by atoms with E-state index in [0.29, 0.717) is 0 Å². The van der Waals surface area contributed by atoms with E-state index < -0.39 is 0 Å². The van der Waals surface area contributed by atoms with Crippen LogP contribution in [-0.2, 0) is 0 Å². The van der Waals surface area contributed by atoms with Gasteiger partial charge in [0, 0.05) is 4.47 Å². The quantitative estimate of drug-likeness (QED) is 0.576. The SMILES string of the molecule is Cc1cc(C)c(C(Cl)CC2CCCC2)c(C)c1Br. The molecule has 0 aliphatic heterocycles. The molecule has 1 aromatic carbocycles. The van der Waals surface area contributed by atoms with Crippen LogP contribution in [-0.4, -0.2) is 0 Å². The summed E-state index contributed by atoms with van der Waals surface area (Å²) in [6.07, 6.45) is 6.66. The van der Waals surface area contributed by atoms with E-state index in [2.05, 4.69) is 42.8 Å². The van der Waals surface area contributed by atoms with Crippen LogP contribution < -0.4 is 0 Å². The molecule has 1 aliphatic rings. The lowest BCUT2D eigenvalue weighted by molar-refractivity contribution is 0.494. The summed E-state index contributed by atoms with van der Waals surface area (Å²) in [5, 5.41) is 0.171. The molecule has 0 bridgehead atoms. The normalized spacial score (nSPS) is 18.3. The molecule has 1 aliphatic carbocycles. The first-order chi connectivity index (χ1) is 8.50. The van der Waals surface area contributed by atoms with Crippen LogP contribution in [0.2, 0.25) is 0 Å². The summed E-state index contributed by atoms with van der Waals surface area (Å²) >= 11 is 10.4. The van der Waals surface area contributed by atoms with Gasteiger partial charge in [0.15, 0.2) is 0 Å². The standard InChI is InChI=1S/C16H22BrCl/c1-10-8-11(2)16(17)12(3)15(10)14(18)9-13-6-4-5-7-13/h8,13-14H,4-7,9H2,1-3H3. The number of hydrogen-bond donors (Lipinski definition) is 0. The third-order valence-electron chi connectivity index (χ3n) is 4.27. The van der Waals surface area contributed by atoms with Crippen molar-refractivity contribution in [2.75, 3.05) is 0 Å². The second-order valence-electron chi connectivity index (χ2n) is 5.72. The van der Waals surface area contributed by atoms with Crippen LogP contribution in [0.15, 0.2) is 10.5 Å². The Bertz CT molecular complexity index is 433. The molecule has 1 aromatic rings. The maximum atomic E-state index is 6.70. The Hall–Kier alpha value is -0.0100. The average molecular weight is 330 g/mol. The lowest BCUT2D eigenvalue weighted by atomic mass is 9.91. The third-order valence-corrected chi connectivity index (χ3v) is 5.88. The van der Waals surface area contributed by atoms with E-state index >= 15 is 0 Å². The van der Waals surface area contributed by atoms with Crippen LogP contribution in [0.5, 0.6) is 0 Å². The van der Waals surface area contributed by atoms with Crippen LogP contribution in [0.3, 0.4) is 0 Å². The summed E-state index contributed by atoms with van der Waals surface area (Å²) in [5.74, 6) is 0.839. The van der Waals surface area contributed by atoms with E-state index in [4.69, 9.17) is 11.6 Å². The minimum absolute atomic E-state index is 0.171. The van der Waals surface area contributed by atoms with E-state index in [9.17, 15) is 0 Å². The maximum Gasteiger partial charge on any atom is 0.0593 e. The van der Waals surface area contributed by atoms with Crippen molar-refractivity contribution in [2.45, 2.75) is 58.3 Å². The zero-order chi connectivity index (χ0) is 13.3. The fourth-order valence-corrected chi connectivity index (χ4v) is 4.23. The molecule has 0 nitrogen and oxygen atoms in total. The number of aryl methyl sites for hydroxylation is 2. The Balaban J connectivity index is 2.23. The molecule has 2 heteroatoms. The summed E-state index contributed by atoms with van der Waals surface area (Å²) in [4.78, 5) is 0. The maximum absolute atomic E-state index is 6.70. The van der Waals surface area contributed by atoms with E-state index in [1.807, 2.05) is 0 Å². The van der Waals surface area contributed by atoms with Crippen molar-refractivity contribution in [3.05, 3.63) is 32.8 Å². The van der Waals surface area contributed by atoms with Crippen LogP contribution in [0.4, 0.5) is 0 Å². The molecule has 18 heavy (non-hydrogen) atoms. The van der Waals surface area contributed by atoms with Gasteiger partial charge in [-0.05, 0) is 55.4 Å². The molecule has 2 rings (SSSR count). The first-order valence-electron chi connectivity index (χ1n) is 6.91. The highest BCUT2D eigenvalue weighted by molar-refractivity contribution is 9.10. The fourth-order valence-electron chi connectivity index (χ4n) is 3.31. The Morgan fingerprint density at radius 3 is 2.44 bits per heavy atom. The van der Waals surface area contributed by atoms with Gasteiger partial charge in [0.05, 0.1) is 5.38 Å². The van der Waals surface area contributed by atoms with Gasteiger partial charge in [0.2, 0.25) is 0 Å². The molecule has 0 spiro atoms. The Labute approximate surface area is 124 Å². The van der Waals surface area contributed by atoms with Crippen molar-refractivity contribution in [1.82, 2.24) is 0 Å². The van der Waals surface area contributed by atoms with E-state index in [0.717, 1.165) is 12.3 Å². The highest BCUT2D eigenvalue weighted by Crippen LogP contribution is 2.40. The lowest BCUT2D eigenvalue weighted by Crippen LogP contribution is -2.05. The van der Waals surface area contributed by atoms with Crippen molar-refractivity contribution in [3.63, 3.8) is 0 Å². The first-order valence-corrected chi connectivity index (χ1v) is 8.14. The molecule has 1 unspecified atom stereocenters. The average Bonchev–Trinajstić information content (AvgIpc) is 2.78. The zero-order valence-electron chi connectivity index (χ0n) is 11.5. The Kier molecular flexibility index (Phi) is 4.77. The molecule has 0 radical (unpaired) electrons. The second-order valence-corrected chi connectivity index (χ2v) is 7.04. The fraction of sp³-hybridized carbons (Fsp3) is 0.625. The molecule has 100 valence electrons. The van der Waals surface area contributed by atoms with Gasteiger partial charge in [-0.2, -0.15) is 0 Å². The number of hydrogen-bond acceptors (Lipinski definition) is 0. The predicted molar refractivity (Wildman–Crippen MR) is 83.5 cm³/mol. The van der Waals surface area contributed by atoms with Crippen LogP contribution >= 0.6 is 27.5 Å². The summed E-state index contributed by atoms with van der Waals surface area (Å²) in [5.41, 5.74) is 5.32. The topological polar surface area (TPSA) is 0 Å². The van der Waals surface area contributed by atoms with Crippen molar-refractivity contribution in [3.8, 4) is 0 Å². The van der Waals surface area contributed by atoms with Gasteiger partial charge in [-0.25, -0.2) is 0 Å². The Morgan fingerprint density at radius 2 is 1.83 bits per heavy atom. The van der Waals surface area contributed by atoms with Crippen molar-refractivity contribution in [1.29, 1.82) is 0 Å². The van der Waals surface area contributed by atoms with Crippen LogP contribution in [0.25, 0.3) is 0 Å². The second kappa shape index (κ2) is 5.96. The van der Waals surface area contributed by atoms with E-state index in [1.54, 1.807) is 0 Å². The summed E-state index contributed by atoms with van der Waals surface area (Å²) in [7, 11) is 0. The molecule has 0 saturated heterocycles. The van der Waals surface area contributed by atoms with Gasteiger partial charge >= 0.3 is 0 Å². The highest BCUT2D eigenvalue weighted by atomic mass is 79.9. The minimum Gasteiger partial charge on any atom is -0.118 e. The monoisotopic (exact) mass is 328 g/mol. The molecule has 1 fully saturated rings. The van der Waals surface area contributed by atoms with Crippen molar-refractivity contribution < 1.29 is 0 Å². The molecule has 0 amide bonds. The smallest absolute Gasteiger partial charge is 0.0593 e. The summed E-state index contributed by atoms with van der Waals surface area (Å²) in [6, 6.07) is 2.25. The molecule has 1 atom stereocenters. The summed E-state index contributed by atoms with van der Waals surface area (Å²) < 4.78 is 1.22. The predicted octanol–water partition coefficient (Wildman–Crippen LogP) is 6.23. The Morgan fingerprint density at radius 1 is 1.22 bits per heavy atom. The third kappa shape index (κ3) is 2.93. The molecule has 0 N–H and O–H groups in total. The van der Waals surface area contributed by atoms with Crippen LogP contribution in [0, 0.1) is 26.7 Å².